The van der Waals surface area contributed by atoms with Crippen molar-refractivity contribution in [3.63, 3.8) is 0 Å². The molecule has 1 aromatic carbocycles. The van der Waals surface area contributed by atoms with E-state index in [-0.39, 0.29) is 28.7 Å². The minimum Gasteiger partial charge on any atom is -0.503 e. The summed E-state index contributed by atoms with van der Waals surface area (Å²) in [6.45, 7) is 3.20. The molecule has 4 N–H and O–H groups in total. The van der Waals surface area contributed by atoms with Crippen LogP contribution in [0, 0.1) is 0 Å². The average molecular weight is 331 g/mol. The van der Waals surface area contributed by atoms with Crippen LogP contribution in [0.5, 0.6) is 11.5 Å². The van der Waals surface area contributed by atoms with E-state index in [2.05, 4.69) is 0 Å². The second-order valence-corrected chi connectivity index (χ2v) is 4.55. The van der Waals surface area contributed by atoms with Gasteiger partial charge in [-0.25, -0.2) is 9.59 Å². The third-order valence-corrected chi connectivity index (χ3v) is 2.75. The van der Waals surface area contributed by atoms with Crippen LogP contribution in [0.25, 0.3) is 0 Å². The van der Waals surface area contributed by atoms with Gasteiger partial charge in [-0.3, -0.25) is 10.1 Å². The Bertz CT molecular complexity index is 604. The first-order chi connectivity index (χ1) is 10.3. The molecular weight excluding hydrogens is 316 g/mol. The predicted octanol–water partition coefficient (Wildman–Crippen LogP) is 1.18. The summed E-state index contributed by atoms with van der Waals surface area (Å²) in [5, 5.41) is 11.4. The molecule has 0 bridgehead atoms. The third-order valence-electron chi connectivity index (χ3n) is 2.46. The number of nitrogens with two attached hydrogens (primary N) is 1. The van der Waals surface area contributed by atoms with Crippen LogP contribution in [0.4, 0.5) is 4.79 Å². The Morgan fingerprint density at radius 1 is 1.41 bits per heavy atom. The number of aromatic hydroxyl groups is 1. The molecule has 1 rings (SSSR count). The van der Waals surface area contributed by atoms with Crippen molar-refractivity contribution in [3.05, 3.63) is 22.7 Å². The Labute approximate surface area is 131 Å². The maximum absolute atomic E-state index is 12.0. The van der Waals surface area contributed by atoms with Crippen molar-refractivity contribution in [2.24, 2.45) is 5.73 Å². The number of phenolic OH excluding ortho intramolecular Hbond substituents is 1. The van der Waals surface area contributed by atoms with Crippen molar-refractivity contribution in [1.29, 1.82) is 0 Å². The fourth-order valence-electron chi connectivity index (χ4n) is 1.46. The van der Waals surface area contributed by atoms with E-state index in [1.807, 2.05) is 0 Å². The molecule has 0 aromatic heterocycles. The lowest BCUT2D eigenvalue weighted by molar-refractivity contribution is -0.127. The topological polar surface area (TPSA) is 128 Å². The van der Waals surface area contributed by atoms with Gasteiger partial charge in [0.05, 0.1) is 17.2 Å². The van der Waals surface area contributed by atoms with Gasteiger partial charge in [-0.2, -0.15) is 0 Å². The number of primary amides is 1. The van der Waals surface area contributed by atoms with Crippen LogP contribution < -0.4 is 15.8 Å². The number of urea groups is 1. The van der Waals surface area contributed by atoms with Crippen molar-refractivity contribution in [3.8, 4) is 11.5 Å². The molecule has 0 aliphatic carbocycles. The summed E-state index contributed by atoms with van der Waals surface area (Å²) in [6, 6.07) is 1.34. The van der Waals surface area contributed by atoms with E-state index in [0.717, 1.165) is 0 Å². The van der Waals surface area contributed by atoms with Crippen molar-refractivity contribution in [2.45, 2.75) is 20.0 Å². The number of halogens is 1. The summed E-state index contributed by atoms with van der Waals surface area (Å²) in [5.74, 6) is -2.04. The number of rotatable bonds is 5. The number of benzene rings is 1. The van der Waals surface area contributed by atoms with E-state index in [9.17, 15) is 19.5 Å². The van der Waals surface area contributed by atoms with Crippen LogP contribution in [0.3, 0.4) is 0 Å². The molecule has 0 saturated heterocycles. The van der Waals surface area contributed by atoms with Crippen LogP contribution in [0.2, 0.25) is 5.02 Å². The van der Waals surface area contributed by atoms with Gasteiger partial charge in [0.15, 0.2) is 17.6 Å². The first-order valence-corrected chi connectivity index (χ1v) is 6.60. The number of nitrogens with one attached hydrogen (secondary N) is 1. The quantitative estimate of drug-likeness (QED) is 0.695. The Hall–Kier alpha value is -2.48. The van der Waals surface area contributed by atoms with Gasteiger partial charge in [-0.15, -0.1) is 0 Å². The Kier molecular flexibility index (Phi) is 6.00. The number of hydrogen-bond donors (Lipinski definition) is 3. The van der Waals surface area contributed by atoms with E-state index < -0.39 is 24.0 Å². The number of carbonyl (C=O) groups excluding carboxylic acids is 3. The highest BCUT2D eigenvalue weighted by Gasteiger charge is 2.22. The molecule has 0 radical (unpaired) electrons. The lowest BCUT2D eigenvalue weighted by Gasteiger charge is -2.13. The maximum Gasteiger partial charge on any atom is 0.339 e. The van der Waals surface area contributed by atoms with Crippen molar-refractivity contribution >= 4 is 29.5 Å². The zero-order chi connectivity index (χ0) is 16.9. The summed E-state index contributed by atoms with van der Waals surface area (Å²) in [6.07, 6.45) is -1.25. The molecule has 3 amide bonds. The Morgan fingerprint density at radius 3 is 2.59 bits per heavy atom. The number of carbonyl (C=O) groups is 3. The van der Waals surface area contributed by atoms with Crippen LogP contribution in [0.1, 0.15) is 24.2 Å². The zero-order valence-corrected chi connectivity index (χ0v) is 12.6. The highest BCUT2D eigenvalue weighted by Crippen LogP contribution is 2.35. The molecule has 0 spiro atoms. The van der Waals surface area contributed by atoms with Gasteiger partial charge >= 0.3 is 12.0 Å². The second-order valence-electron chi connectivity index (χ2n) is 4.14. The summed E-state index contributed by atoms with van der Waals surface area (Å²) in [4.78, 5) is 33.9. The van der Waals surface area contributed by atoms with Crippen molar-refractivity contribution < 1.29 is 29.0 Å². The Balaban J connectivity index is 2.89. The average Bonchev–Trinajstić information content (AvgIpc) is 2.42. The third kappa shape index (κ3) is 4.52. The lowest BCUT2D eigenvalue weighted by atomic mass is 10.2. The zero-order valence-electron chi connectivity index (χ0n) is 11.9. The molecule has 0 heterocycles. The van der Waals surface area contributed by atoms with Crippen LogP contribution in [-0.4, -0.2) is 35.7 Å². The molecule has 1 atom stereocenters. The molecule has 0 unspecified atom stereocenters. The molecule has 0 fully saturated rings. The second kappa shape index (κ2) is 7.51. The predicted molar refractivity (Wildman–Crippen MR) is 76.9 cm³/mol. The Morgan fingerprint density at radius 2 is 2.05 bits per heavy atom. The number of ether oxygens (including phenoxy) is 2. The van der Waals surface area contributed by atoms with E-state index >= 15 is 0 Å². The van der Waals surface area contributed by atoms with E-state index in [1.165, 1.54) is 19.1 Å². The molecule has 0 aliphatic rings. The molecule has 0 aliphatic heterocycles. The van der Waals surface area contributed by atoms with Gasteiger partial charge < -0.3 is 20.3 Å². The standard InChI is InChI=1S/C13H15ClN2O6/c1-3-21-9-5-7(4-8(14)10(9)17)12(19)22-6(2)11(18)16-13(15)20/h4-6,17H,3H2,1-2H3,(H3,15,16,18,20)/t6-/m0/s1. The summed E-state index contributed by atoms with van der Waals surface area (Å²) in [5.41, 5.74) is 4.77. The van der Waals surface area contributed by atoms with Crippen molar-refractivity contribution in [1.82, 2.24) is 5.32 Å². The minimum absolute atomic E-state index is 0.0104. The van der Waals surface area contributed by atoms with E-state index in [4.69, 9.17) is 26.8 Å². The lowest BCUT2D eigenvalue weighted by Crippen LogP contribution is -2.42. The summed E-state index contributed by atoms with van der Waals surface area (Å²) < 4.78 is 10.0. The van der Waals surface area contributed by atoms with Crippen LogP contribution in [0.15, 0.2) is 12.1 Å². The van der Waals surface area contributed by atoms with Gasteiger partial charge in [0.2, 0.25) is 0 Å². The largest absolute Gasteiger partial charge is 0.503 e. The van der Waals surface area contributed by atoms with Crippen LogP contribution in [-0.2, 0) is 9.53 Å². The number of phenols is 1. The fraction of sp³-hybridized carbons (Fsp3) is 0.308. The number of amides is 3. The molecular formula is C13H15ClN2O6. The SMILES string of the molecule is CCOc1cc(C(=O)O[C@@H](C)C(=O)NC(N)=O)cc(Cl)c1O. The van der Waals surface area contributed by atoms with Crippen molar-refractivity contribution in [2.75, 3.05) is 6.61 Å². The van der Waals surface area contributed by atoms with Gasteiger partial charge in [0.25, 0.3) is 5.91 Å². The highest BCUT2D eigenvalue weighted by atomic mass is 35.5. The monoisotopic (exact) mass is 330 g/mol. The number of esters is 1. The summed E-state index contributed by atoms with van der Waals surface area (Å²) in [7, 11) is 0. The molecule has 120 valence electrons. The maximum atomic E-state index is 12.0. The molecule has 22 heavy (non-hydrogen) atoms. The fourth-order valence-corrected chi connectivity index (χ4v) is 1.67. The van der Waals surface area contributed by atoms with E-state index in [1.54, 1.807) is 12.2 Å². The highest BCUT2D eigenvalue weighted by molar-refractivity contribution is 6.32. The van der Waals surface area contributed by atoms with Gasteiger partial charge in [-0.1, -0.05) is 11.6 Å². The molecule has 0 saturated carbocycles. The molecule has 1 aromatic rings. The van der Waals surface area contributed by atoms with Crippen LogP contribution >= 0.6 is 11.6 Å². The molecule has 9 heteroatoms. The van der Waals surface area contributed by atoms with Gasteiger partial charge in [0.1, 0.15) is 0 Å². The molecule has 8 nitrogen and oxygen atoms in total. The van der Waals surface area contributed by atoms with E-state index in [0.29, 0.717) is 0 Å². The minimum atomic E-state index is -1.25. The number of hydrogen-bond acceptors (Lipinski definition) is 6. The number of imide groups is 1. The van der Waals surface area contributed by atoms with Gasteiger partial charge in [-0.05, 0) is 26.0 Å². The smallest absolute Gasteiger partial charge is 0.339 e. The first-order valence-electron chi connectivity index (χ1n) is 6.22. The first kappa shape index (κ1) is 17.6. The normalized spacial score (nSPS) is 11.4. The summed E-state index contributed by atoms with van der Waals surface area (Å²) >= 11 is 5.79. The van der Waals surface area contributed by atoms with Gasteiger partial charge in [0, 0.05) is 0 Å².